The highest BCUT2D eigenvalue weighted by molar-refractivity contribution is 5.37. The Balaban J connectivity index is 1.89. The fourth-order valence-electron chi connectivity index (χ4n) is 2.66. The fourth-order valence-corrected chi connectivity index (χ4v) is 2.66. The maximum atomic E-state index is 13.6. The van der Waals surface area contributed by atoms with Gasteiger partial charge in [0.1, 0.15) is 12.4 Å². The van der Waals surface area contributed by atoms with Gasteiger partial charge in [0.05, 0.1) is 0 Å². The van der Waals surface area contributed by atoms with E-state index in [0.717, 1.165) is 18.7 Å². The molecule has 1 heterocycles. The molecule has 1 aromatic carbocycles. The first-order chi connectivity index (χ1) is 10.2. The number of likely N-dealkylation sites (N-methyl/N-ethyl adjacent to an activating group) is 1. The summed E-state index contributed by atoms with van der Waals surface area (Å²) in [5.41, 5.74) is 1.54. The maximum absolute atomic E-state index is 13.6. The highest BCUT2D eigenvalue weighted by atomic mass is 19.1. The molecule has 1 aliphatic heterocycles. The number of rotatable bonds is 5. The van der Waals surface area contributed by atoms with Crippen LogP contribution in [-0.2, 0) is 6.54 Å². The van der Waals surface area contributed by atoms with Crippen molar-refractivity contribution < 1.29 is 9.50 Å². The minimum atomic E-state index is -0.275. The Labute approximate surface area is 126 Å². The van der Waals surface area contributed by atoms with E-state index in [2.05, 4.69) is 28.7 Å². The molecule has 0 atom stereocenters. The third-order valence-corrected chi connectivity index (χ3v) is 3.72. The molecule has 0 bridgehead atoms. The molecule has 1 fully saturated rings. The van der Waals surface area contributed by atoms with E-state index in [-0.39, 0.29) is 12.4 Å². The number of hydrogen-bond donors (Lipinski definition) is 1. The first-order valence-corrected chi connectivity index (χ1v) is 7.47. The van der Waals surface area contributed by atoms with Gasteiger partial charge in [-0.25, -0.2) is 4.39 Å². The Hall–Kier alpha value is -1.41. The smallest absolute Gasteiger partial charge is 0.124 e. The molecule has 1 saturated heterocycles. The van der Waals surface area contributed by atoms with Crippen molar-refractivity contribution >= 4 is 0 Å². The van der Waals surface area contributed by atoms with E-state index >= 15 is 0 Å². The topological polar surface area (TPSA) is 26.7 Å². The monoisotopic (exact) mass is 290 g/mol. The predicted octanol–water partition coefficient (Wildman–Crippen LogP) is 1.70. The molecule has 4 heteroatoms. The average Bonchev–Trinajstić information content (AvgIpc) is 2.95. The van der Waals surface area contributed by atoms with Gasteiger partial charge in [0.15, 0.2) is 0 Å². The SMILES string of the molecule is CN(CCN1CCCC1)Cc1cc(F)cc(C#CCO)c1. The average molecular weight is 290 g/mol. The summed E-state index contributed by atoms with van der Waals surface area (Å²) in [5, 5.41) is 8.71. The Morgan fingerprint density at radius 2 is 2.05 bits per heavy atom. The van der Waals surface area contributed by atoms with E-state index in [9.17, 15) is 4.39 Å². The molecule has 21 heavy (non-hydrogen) atoms. The normalized spacial score (nSPS) is 15.2. The quantitative estimate of drug-likeness (QED) is 0.836. The molecule has 114 valence electrons. The molecule has 1 aliphatic rings. The van der Waals surface area contributed by atoms with Gasteiger partial charge in [0, 0.05) is 25.2 Å². The van der Waals surface area contributed by atoms with Crippen molar-refractivity contribution in [3.63, 3.8) is 0 Å². The molecular formula is C17H23FN2O. The number of likely N-dealkylation sites (tertiary alicyclic amines) is 1. The largest absolute Gasteiger partial charge is 0.384 e. The second kappa shape index (κ2) is 8.14. The van der Waals surface area contributed by atoms with Gasteiger partial charge in [-0.2, -0.15) is 0 Å². The standard InChI is InChI=1S/C17H23FN2O/c1-19(8-9-20-6-2-3-7-20)14-16-11-15(5-4-10-21)12-17(18)13-16/h11-13,21H,2-3,6-10,14H2,1H3. The zero-order valence-electron chi connectivity index (χ0n) is 12.6. The van der Waals surface area contributed by atoms with E-state index in [4.69, 9.17) is 5.11 Å². The number of aliphatic hydroxyl groups is 1. The number of aliphatic hydroxyl groups excluding tert-OH is 1. The van der Waals surface area contributed by atoms with Gasteiger partial charge >= 0.3 is 0 Å². The number of hydrogen-bond acceptors (Lipinski definition) is 3. The molecule has 1 N–H and O–H groups in total. The molecule has 2 rings (SSSR count). The summed E-state index contributed by atoms with van der Waals surface area (Å²) in [6, 6.07) is 4.84. The molecular weight excluding hydrogens is 267 g/mol. The van der Waals surface area contributed by atoms with E-state index in [1.807, 2.05) is 6.07 Å². The van der Waals surface area contributed by atoms with Gasteiger partial charge in [-0.3, -0.25) is 0 Å². The van der Waals surface area contributed by atoms with Crippen molar-refractivity contribution in [3.8, 4) is 11.8 Å². The van der Waals surface area contributed by atoms with Crippen LogP contribution in [0.2, 0.25) is 0 Å². The lowest BCUT2D eigenvalue weighted by Gasteiger charge is -2.21. The number of nitrogens with zero attached hydrogens (tertiary/aromatic N) is 2. The van der Waals surface area contributed by atoms with Crippen molar-refractivity contribution in [3.05, 3.63) is 35.1 Å². The summed E-state index contributed by atoms with van der Waals surface area (Å²) in [6.45, 7) is 4.96. The lowest BCUT2D eigenvalue weighted by molar-refractivity contribution is 0.252. The van der Waals surface area contributed by atoms with Crippen LogP contribution in [0, 0.1) is 17.7 Å². The van der Waals surface area contributed by atoms with E-state index in [0.29, 0.717) is 12.1 Å². The van der Waals surface area contributed by atoms with Crippen molar-refractivity contribution in [1.82, 2.24) is 9.80 Å². The summed E-state index contributed by atoms with van der Waals surface area (Å²) in [5.74, 6) is 5.04. The number of halogens is 1. The molecule has 0 radical (unpaired) electrons. The molecule has 3 nitrogen and oxygen atoms in total. The van der Waals surface area contributed by atoms with Crippen molar-refractivity contribution in [1.29, 1.82) is 0 Å². The summed E-state index contributed by atoms with van der Waals surface area (Å²) in [6.07, 6.45) is 2.61. The van der Waals surface area contributed by atoms with E-state index in [1.165, 1.54) is 32.0 Å². The lowest BCUT2D eigenvalue weighted by Crippen LogP contribution is -2.31. The van der Waals surface area contributed by atoms with Crippen molar-refractivity contribution in [2.75, 3.05) is 39.8 Å². The van der Waals surface area contributed by atoms with Gasteiger partial charge in [-0.1, -0.05) is 11.8 Å². The Morgan fingerprint density at radius 3 is 2.76 bits per heavy atom. The molecule has 0 aliphatic carbocycles. The van der Waals surface area contributed by atoms with E-state index < -0.39 is 0 Å². The molecule has 0 aromatic heterocycles. The van der Waals surface area contributed by atoms with Gasteiger partial charge in [-0.15, -0.1) is 0 Å². The van der Waals surface area contributed by atoms with Gasteiger partial charge in [-0.05, 0) is 56.7 Å². The fraction of sp³-hybridized carbons (Fsp3) is 0.529. The summed E-state index contributed by atoms with van der Waals surface area (Å²) in [7, 11) is 2.06. The highest BCUT2D eigenvalue weighted by Crippen LogP contribution is 2.11. The second-order valence-electron chi connectivity index (χ2n) is 5.59. The summed E-state index contributed by atoms with van der Waals surface area (Å²) < 4.78 is 13.6. The van der Waals surface area contributed by atoms with Gasteiger partial charge < -0.3 is 14.9 Å². The molecule has 0 spiro atoms. The van der Waals surface area contributed by atoms with Crippen molar-refractivity contribution in [2.45, 2.75) is 19.4 Å². The van der Waals surface area contributed by atoms with Gasteiger partial charge in [0.2, 0.25) is 0 Å². The van der Waals surface area contributed by atoms with Crippen LogP contribution in [0.15, 0.2) is 18.2 Å². The van der Waals surface area contributed by atoms with Crippen LogP contribution in [0.4, 0.5) is 4.39 Å². The maximum Gasteiger partial charge on any atom is 0.124 e. The molecule has 0 amide bonds. The Kier molecular flexibility index (Phi) is 6.19. The lowest BCUT2D eigenvalue weighted by atomic mass is 10.1. The first kappa shape index (κ1) is 16.0. The molecule has 0 unspecified atom stereocenters. The number of benzene rings is 1. The van der Waals surface area contributed by atoms with Crippen LogP contribution < -0.4 is 0 Å². The van der Waals surface area contributed by atoms with Gasteiger partial charge in [0.25, 0.3) is 0 Å². The Bertz CT molecular complexity index is 515. The first-order valence-electron chi connectivity index (χ1n) is 7.47. The third kappa shape index (κ3) is 5.47. The second-order valence-corrected chi connectivity index (χ2v) is 5.59. The summed E-state index contributed by atoms with van der Waals surface area (Å²) >= 11 is 0. The minimum Gasteiger partial charge on any atom is -0.384 e. The van der Waals surface area contributed by atoms with E-state index in [1.54, 1.807) is 6.07 Å². The highest BCUT2D eigenvalue weighted by Gasteiger charge is 2.12. The zero-order valence-corrected chi connectivity index (χ0v) is 12.6. The predicted molar refractivity (Wildman–Crippen MR) is 82.4 cm³/mol. The third-order valence-electron chi connectivity index (χ3n) is 3.72. The summed E-state index contributed by atoms with van der Waals surface area (Å²) in [4.78, 5) is 4.68. The molecule has 1 aromatic rings. The van der Waals surface area contributed by atoms with Crippen molar-refractivity contribution in [2.24, 2.45) is 0 Å². The van der Waals surface area contributed by atoms with Crippen LogP contribution in [0.5, 0.6) is 0 Å². The van der Waals surface area contributed by atoms with Crippen LogP contribution >= 0.6 is 0 Å². The minimum absolute atomic E-state index is 0.207. The van der Waals surface area contributed by atoms with Crippen LogP contribution in [0.3, 0.4) is 0 Å². The Morgan fingerprint density at radius 1 is 1.29 bits per heavy atom. The van der Waals surface area contributed by atoms with Crippen LogP contribution in [0.1, 0.15) is 24.0 Å². The van der Waals surface area contributed by atoms with Crippen LogP contribution in [0.25, 0.3) is 0 Å². The molecule has 0 saturated carbocycles. The van der Waals surface area contributed by atoms with Crippen LogP contribution in [-0.4, -0.2) is 54.7 Å². The zero-order chi connectivity index (χ0) is 15.1.